The molecule has 6 nitrogen and oxygen atoms in total. The summed E-state index contributed by atoms with van der Waals surface area (Å²) in [4.78, 5) is 23.0. The Labute approximate surface area is 138 Å². The third-order valence-corrected chi connectivity index (χ3v) is 3.15. The molecule has 1 rings (SSSR count). The van der Waals surface area contributed by atoms with Gasteiger partial charge in [-0.3, -0.25) is 9.59 Å². The molecule has 1 aromatic rings. The van der Waals surface area contributed by atoms with E-state index in [2.05, 4.69) is 31.8 Å². The molecule has 22 heavy (non-hydrogen) atoms. The molecule has 0 aliphatic rings. The molecule has 120 valence electrons. The van der Waals surface area contributed by atoms with Crippen molar-refractivity contribution in [2.24, 2.45) is 5.10 Å². The third kappa shape index (κ3) is 6.71. The number of carbonyl (C=O) groups excluding carboxylic acids is 2. The van der Waals surface area contributed by atoms with Crippen molar-refractivity contribution in [2.75, 3.05) is 13.2 Å². The van der Waals surface area contributed by atoms with Crippen LogP contribution in [0.25, 0.3) is 0 Å². The second kappa shape index (κ2) is 9.19. The number of ether oxygens (including phenoxy) is 1. The van der Waals surface area contributed by atoms with Crippen LogP contribution in [0.5, 0.6) is 5.75 Å². The normalized spacial score (nSPS) is 11.0. The van der Waals surface area contributed by atoms with Crippen LogP contribution in [-0.2, 0) is 9.59 Å². The summed E-state index contributed by atoms with van der Waals surface area (Å²) >= 11 is 3.36. The molecule has 0 saturated heterocycles. The van der Waals surface area contributed by atoms with Gasteiger partial charge in [0.1, 0.15) is 5.75 Å². The van der Waals surface area contributed by atoms with Crippen LogP contribution in [-0.4, -0.2) is 30.7 Å². The van der Waals surface area contributed by atoms with Gasteiger partial charge in [-0.1, -0.05) is 15.9 Å². The summed E-state index contributed by atoms with van der Waals surface area (Å²) in [5, 5.41) is 6.52. The Kier molecular flexibility index (Phi) is 7.59. The van der Waals surface area contributed by atoms with Gasteiger partial charge in [-0.25, -0.2) is 5.43 Å². The van der Waals surface area contributed by atoms with Gasteiger partial charge >= 0.3 is 0 Å². The van der Waals surface area contributed by atoms with Gasteiger partial charge in [0.05, 0.1) is 6.42 Å². The molecule has 0 unspecified atom stereocenters. The number of hydrogen-bond donors (Lipinski definition) is 2. The summed E-state index contributed by atoms with van der Waals surface area (Å²) in [6.07, 6.45) is 0.154. The monoisotopic (exact) mass is 369 g/mol. The van der Waals surface area contributed by atoms with Gasteiger partial charge in [0.2, 0.25) is 5.91 Å². The largest absolute Gasteiger partial charge is 0.483 e. The van der Waals surface area contributed by atoms with E-state index in [0.29, 0.717) is 18.0 Å². The van der Waals surface area contributed by atoms with E-state index in [-0.39, 0.29) is 24.8 Å². The second-order valence-electron chi connectivity index (χ2n) is 4.71. The average Bonchev–Trinajstić information content (AvgIpc) is 2.44. The van der Waals surface area contributed by atoms with Crippen LogP contribution in [0.4, 0.5) is 0 Å². The van der Waals surface area contributed by atoms with Gasteiger partial charge in [0, 0.05) is 16.7 Å². The van der Waals surface area contributed by atoms with Crippen molar-refractivity contribution >= 4 is 33.5 Å². The van der Waals surface area contributed by atoms with Crippen LogP contribution < -0.4 is 15.5 Å². The van der Waals surface area contributed by atoms with E-state index in [9.17, 15) is 9.59 Å². The minimum atomic E-state index is -0.377. The lowest BCUT2D eigenvalue weighted by molar-refractivity contribution is -0.123. The zero-order valence-electron chi connectivity index (χ0n) is 12.9. The van der Waals surface area contributed by atoms with Gasteiger partial charge in [-0.2, -0.15) is 5.10 Å². The van der Waals surface area contributed by atoms with Crippen LogP contribution in [0, 0.1) is 6.92 Å². The van der Waals surface area contributed by atoms with Crippen molar-refractivity contribution in [2.45, 2.75) is 27.2 Å². The minimum Gasteiger partial charge on any atom is -0.483 e. The number of amides is 2. The number of benzene rings is 1. The molecule has 0 fully saturated rings. The Morgan fingerprint density at radius 2 is 2.05 bits per heavy atom. The first kappa shape index (κ1) is 18.2. The van der Waals surface area contributed by atoms with Gasteiger partial charge in [-0.15, -0.1) is 0 Å². The average molecular weight is 370 g/mol. The number of carbonyl (C=O) groups is 2. The van der Waals surface area contributed by atoms with E-state index in [1.54, 1.807) is 13.0 Å². The van der Waals surface area contributed by atoms with Crippen molar-refractivity contribution < 1.29 is 14.3 Å². The first-order chi connectivity index (χ1) is 10.4. The first-order valence-electron chi connectivity index (χ1n) is 6.90. The zero-order chi connectivity index (χ0) is 16.5. The number of aryl methyl sites for hydroxylation is 1. The van der Waals surface area contributed by atoms with E-state index in [1.165, 1.54) is 0 Å². The number of nitrogens with zero attached hydrogens (tertiary/aromatic N) is 1. The fraction of sp³-hybridized carbons (Fsp3) is 0.400. The molecule has 0 bridgehead atoms. The molecule has 7 heteroatoms. The molecule has 0 aromatic heterocycles. The fourth-order valence-electron chi connectivity index (χ4n) is 1.64. The molecule has 2 N–H and O–H groups in total. The second-order valence-corrected chi connectivity index (χ2v) is 5.63. The highest BCUT2D eigenvalue weighted by molar-refractivity contribution is 9.10. The van der Waals surface area contributed by atoms with Gasteiger partial charge in [-0.05, 0) is 44.5 Å². The summed E-state index contributed by atoms with van der Waals surface area (Å²) in [6, 6.07) is 5.53. The maximum absolute atomic E-state index is 11.7. The Hall–Kier alpha value is -1.89. The van der Waals surface area contributed by atoms with Gasteiger partial charge in [0.25, 0.3) is 5.91 Å². The lowest BCUT2D eigenvalue weighted by atomic mass is 10.2. The van der Waals surface area contributed by atoms with E-state index in [0.717, 1.165) is 10.0 Å². The molecule has 0 spiro atoms. The third-order valence-electron chi connectivity index (χ3n) is 2.66. The predicted molar refractivity (Wildman–Crippen MR) is 88.9 cm³/mol. The smallest absolute Gasteiger partial charge is 0.277 e. The number of rotatable bonds is 7. The van der Waals surface area contributed by atoms with E-state index >= 15 is 0 Å². The summed E-state index contributed by atoms with van der Waals surface area (Å²) in [5.41, 5.74) is 3.82. The van der Waals surface area contributed by atoms with Crippen LogP contribution in [0.15, 0.2) is 27.8 Å². The van der Waals surface area contributed by atoms with Crippen LogP contribution in [0.3, 0.4) is 0 Å². The molecule has 0 aliphatic heterocycles. The molecular weight excluding hydrogens is 350 g/mol. The highest BCUT2D eigenvalue weighted by Gasteiger charge is 2.06. The Balaban J connectivity index is 2.41. The standard InChI is InChI=1S/C15H20BrN3O3/c1-4-17-14(20)8-11(3)18-19-15(21)9-22-13-6-5-12(16)7-10(13)2/h5-7H,4,8-9H2,1-3H3,(H,17,20)(H,19,21). The molecule has 0 saturated carbocycles. The lowest BCUT2D eigenvalue weighted by Crippen LogP contribution is -2.28. The molecule has 0 radical (unpaired) electrons. The van der Waals surface area contributed by atoms with Crippen LogP contribution >= 0.6 is 15.9 Å². The first-order valence-corrected chi connectivity index (χ1v) is 7.69. The van der Waals surface area contributed by atoms with Crippen molar-refractivity contribution in [3.8, 4) is 5.75 Å². The highest BCUT2D eigenvalue weighted by Crippen LogP contribution is 2.21. The molecule has 2 amide bonds. The maximum atomic E-state index is 11.7. The quantitative estimate of drug-likeness (QED) is 0.570. The van der Waals surface area contributed by atoms with Gasteiger partial charge in [0.15, 0.2) is 6.61 Å². The zero-order valence-corrected chi connectivity index (χ0v) is 14.5. The SMILES string of the molecule is CCNC(=O)CC(C)=NNC(=O)COc1ccc(Br)cc1C. The Bertz CT molecular complexity index is 573. The maximum Gasteiger partial charge on any atom is 0.277 e. The summed E-state index contributed by atoms with van der Waals surface area (Å²) in [7, 11) is 0. The Morgan fingerprint density at radius 1 is 1.32 bits per heavy atom. The number of halogens is 1. The Morgan fingerprint density at radius 3 is 2.68 bits per heavy atom. The fourth-order valence-corrected chi connectivity index (χ4v) is 2.12. The van der Waals surface area contributed by atoms with Crippen molar-refractivity contribution in [3.63, 3.8) is 0 Å². The number of nitrogens with one attached hydrogen (secondary N) is 2. The molecule has 0 atom stereocenters. The van der Waals surface area contributed by atoms with Crippen LogP contribution in [0.1, 0.15) is 25.8 Å². The van der Waals surface area contributed by atoms with Crippen molar-refractivity contribution in [3.05, 3.63) is 28.2 Å². The topological polar surface area (TPSA) is 79.8 Å². The van der Waals surface area contributed by atoms with E-state index in [1.807, 2.05) is 26.0 Å². The summed E-state index contributed by atoms with van der Waals surface area (Å²) in [5.74, 6) is 0.138. The van der Waals surface area contributed by atoms with E-state index < -0.39 is 0 Å². The minimum absolute atomic E-state index is 0.125. The highest BCUT2D eigenvalue weighted by atomic mass is 79.9. The lowest BCUT2D eigenvalue weighted by Gasteiger charge is -2.08. The molecule has 1 aromatic carbocycles. The van der Waals surface area contributed by atoms with Crippen molar-refractivity contribution in [1.82, 2.24) is 10.7 Å². The number of hydrogen-bond acceptors (Lipinski definition) is 4. The van der Waals surface area contributed by atoms with Gasteiger partial charge < -0.3 is 10.1 Å². The molecule has 0 heterocycles. The van der Waals surface area contributed by atoms with Crippen LogP contribution in [0.2, 0.25) is 0 Å². The van der Waals surface area contributed by atoms with E-state index in [4.69, 9.17) is 4.74 Å². The molecular formula is C15H20BrN3O3. The summed E-state index contributed by atoms with van der Waals surface area (Å²) in [6.45, 7) is 5.84. The predicted octanol–water partition coefficient (Wildman–Crippen LogP) is 2.15. The molecule has 0 aliphatic carbocycles. The summed E-state index contributed by atoms with van der Waals surface area (Å²) < 4.78 is 6.38. The van der Waals surface area contributed by atoms with Crippen molar-refractivity contribution in [1.29, 1.82) is 0 Å². The number of hydrazone groups is 1.